The Morgan fingerprint density at radius 1 is 1.25 bits per heavy atom. The van der Waals surface area contributed by atoms with E-state index >= 15 is 0 Å². The predicted octanol–water partition coefficient (Wildman–Crippen LogP) is 1.11. The first kappa shape index (κ1) is 14.4. The van der Waals surface area contributed by atoms with Gasteiger partial charge in [0.05, 0.1) is 6.42 Å². The minimum Gasteiger partial charge on any atom is -0.508 e. The highest BCUT2D eigenvalue weighted by Crippen LogP contribution is 2.18. The van der Waals surface area contributed by atoms with Crippen LogP contribution in [0.4, 0.5) is 0 Å². The third kappa shape index (κ3) is 5.30. The largest absolute Gasteiger partial charge is 0.508 e. The van der Waals surface area contributed by atoms with Crippen LogP contribution < -0.4 is 10.6 Å². The molecule has 0 aliphatic heterocycles. The molecule has 5 heteroatoms. The van der Waals surface area contributed by atoms with Gasteiger partial charge in [0.2, 0.25) is 11.8 Å². The molecule has 0 aromatic heterocycles. The van der Waals surface area contributed by atoms with Crippen molar-refractivity contribution in [2.75, 3.05) is 6.54 Å². The SMILES string of the molecule is O=C(Cc1cccc(O)c1)NCCCC(=O)NC1CC1. The molecule has 0 atom stereocenters. The zero-order chi connectivity index (χ0) is 14.4. The van der Waals surface area contributed by atoms with Gasteiger partial charge >= 0.3 is 0 Å². The minimum absolute atomic E-state index is 0.0646. The van der Waals surface area contributed by atoms with Gasteiger partial charge in [-0.05, 0) is 37.0 Å². The summed E-state index contributed by atoms with van der Waals surface area (Å²) in [7, 11) is 0. The topological polar surface area (TPSA) is 78.4 Å². The number of carbonyl (C=O) groups excluding carboxylic acids is 2. The first-order chi connectivity index (χ1) is 9.63. The van der Waals surface area contributed by atoms with Gasteiger partial charge in [0.15, 0.2) is 0 Å². The van der Waals surface area contributed by atoms with E-state index in [9.17, 15) is 14.7 Å². The zero-order valence-electron chi connectivity index (χ0n) is 11.4. The van der Waals surface area contributed by atoms with Crippen LogP contribution in [-0.2, 0) is 16.0 Å². The molecule has 2 rings (SSSR count). The van der Waals surface area contributed by atoms with Crippen LogP contribution in [0.1, 0.15) is 31.2 Å². The van der Waals surface area contributed by atoms with Crippen molar-refractivity contribution in [2.45, 2.75) is 38.1 Å². The molecule has 1 aromatic rings. The molecule has 108 valence electrons. The Labute approximate surface area is 118 Å². The fraction of sp³-hybridized carbons (Fsp3) is 0.467. The Kier molecular flexibility index (Phi) is 4.98. The van der Waals surface area contributed by atoms with Gasteiger partial charge < -0.3 is 15.7 Å². The van der Waals surface area contributed by atoms with Gasteiger partial charge in [-0.25, -0.2) is 0 Å². The average Bonchev–Trinajstić information content (AvgIpc) is 3.18. The second-order valence-corrected chi connectivity index (χ2v) is 5.14. The van der Waals surface area contributed by atoms with Crippen LogP contribution in [0.2, 0.25) is 0 Å². The van der Waals surface area contributed by atoms with Gasteiger partial charge in [0.25, 0.3) is 0 Å². The number of hydrogen-bond donors (Lipinski definition) is 3. The lowest BCUT2D eigenvalue weighted by molar-refractivity contribution is -0.122. The molecular weight excluding hydrogens is 256 g/mol. The fourth-order valence-corrected chi connectivity index (χ4v) is 1.92. The van der Waals surface area contributed by atoms with Crippen molar-refractivity contribution in [3.63, 3.8) is 0 Å². The quantitative estimate of drug-likeness (QED) is 0.653. The van der Waals surface area contributed by atoms with Crippen LogP contribution in [0, 0.1) is 0 Å². The Bertz CT molecular complexity index is 484. The van der Waals surface area contributed by atoms with Crippen molar-refractivity contribution in [3.05, 3.63) is 29.8 Å². The van der Waals surface area contributed by atoms with Gasteiger partial charge in [-0.1, -0.05) is 12.1 Å². The Morgan fingerprint density at radius 3 is 2.75 bits per heavy atom. The van der Waals surface area contributed by atoms with E-state index in [1.165, 1.54) is 0 Å². The first-order valence-electron chi connectivity index (χ1n) is 6.97. The van der Waals surface area contributed by atoms with Gasteiger partial charge in [0.1, 0.15) is 5.75 Å². The summed E-state index contributed by atoms with van der Waals surface area (Å²) in [5.41, 5.74) is 0.772. The van der Waals surface area contributed by atoms with E-state index in [4.69, 9.17) is 0 Å². The van der Waals surface area contributed by atoms with E-state index in [1.807, 2.05) is 0 Å². The minimum atomic E-state index is -0.0989. The third-order valence-electron chi connectivity index (χ3n) is 3.12. The van der Waals surface area contributed by atoms with E-state index in [-0.39, 0.29) is 24.0 Å². The fourth-order valence-electron chi connectivity index (χ4n) is 1.92. The van der Waals surface area contributed by atoms with Crippen LogP contribution in [0.15, 0.2) is 24.3 Å². The van der Waals surface area contributed by atoms with E-state index in [0.717, 1.165) is 18.4 Å². The standard InChI is InChI=1S/C15H20N2O3/c18-13-4-1-3-11(9-13)10-15(20)16-8-2-5-14(19)17-12-6-7-12/h1,3-4,9,12,18H,2,5-8,10H2,(H,16,20)(H,17,19). The number of phenolic OH excluding ortho intramolecular Hbond substituents is 1. The molecule has 1 fully saturated rings. The van der Waals surface area contributed by atoms with Gasteiger partial charge in [0, 0.05) is 19.0 Å². The number of amides is 2. The molecule has 1 aromatic carbocycles. The highest BCUT2D eigenvalue weighted by molar-refractivity contribution is 5.79. The summed E-state index contributed by atoms with van der Waals surface area (Å²) in [6, 6.07) is 7.04. The lowest BCUT2D eigenvalue weighted by atomic mass is 10.1. The molecule has 0 heterocycles. The number of hydrogen-bond acceptors (Lipinski definition) is 3. The van der Waals surface area contributed by atoms with E-state index in [2.05, 4.69) is 10.6 Å². The number of aromatic hydroxyl groups is 1. The zero-order valence-corrected chi connectivity index (χ0v) is 11.4. The van der Waals surface area contributed by atoms with Crippen molar-refractivity contribution < 1.29 is 14.7 Å². The molecule has 0 radical (unpaired) electrons. The lowest BCUT2D eigenvalue weighted by Crippen LogP contribution is -2.29. The van der Waals surface area contributed by atoms with Crippen LogP contribution >= 0.6 is 0 Å². The molecule has 0 unspecified atom stereocenters. The number of benzene rings is 1. The number of nitrogens with one attached hydrogen (secondary N) is 2. The van der Waals surface area contributed by atoms with Crippen LogP contribution in [0.3, 0.4) is 0 Å². The molecule has 1 aliphatic carbocycles. The van der Waals surface area contributed by atoms with Gasteiger partial charge in [-0.3, -0.25) is 9.59 Å². The Hall–Kier alpha value is -2.04. The summed E-state index contributed by atoms with van der Waals surface area (Å²) in [5, 5.41) is 15.0. The predicted molar refractivity (Wildman–Crippen MR) is 75.2 cm³/mol. The molecule has 0 bridgehead atoms. The molecular formula is C15H20N2O3. The molecule has 5 nitrogen and oxygen atoms in total. The summed E-state index contributed by atoms with van der Waals surface area (Å²) in [6.45, 7) is 0.496. The average molecular weight is 276 g/mol. The van der Waals surface area contributed by atoms with E-state index < -0.39 is 0 Å². The van der Waals surface area contributed by atoms with Crippen molar-refractivity contribution >= 4 is 11.8 Å². The van der Waals surface area contributed by atoms with Gasteiger partial charge in [-0.2, -0.15) is 0 Å². The molecule has 2 amide bonds. The summed E-state index contributed by atoms with van der Waals surface area (Å²) in [5.74, 6) is 0.125. The highest BCUT2D eigenvalue weighted by atomic mass is 16.3. The van der Waals surface area contributed by atoms with E-state index in [0.29, 0.717) is 25.4 Å². The van der Waals surface area contributed by atoms with E-state index in [1.54, 1.807) is 24.3 Å². The highest BCUT2D eigenvalue weighted by Gasteiger charge is 2.22. The van der Waals surface area contributed by atoms with Crippen molar-refractivity contribution in [1.29, 1.82) is 0 Å². The second-order valence-electron chi connectivity index (χ2n) is 5.14. The summed E-state index contributed by atoms with van der Waals surface area (Å²) >= 11 is 0. The lowest BCUT2D eigenvalue weighted by Gasteiger charge is -2.06. The van der Waals surface area contributed by atoms with Gasteiger partial charge in [-0.15, -0.1) is 0 Å². The van der Waals surface area contributed by atoms with Crippen molar-refractivity contribution in [2.24, 2.45) is 0 Å². The normalized spacial score (nSPS) is 13.8. The number of carbonyl (C=O) groups is 2. The molecule has 0 saturated heterocycles. The monoisotopic (exact) mass is 276 g/mol. The van der Waals surface area contributed by atoms with Crippen LogP contribution in [-0.4, -0.2) is 29.5 Å². The third-order valence-corrected chi connectivity index (χ3v) is 3.12. The maximum atomic E-state index is 11.7. The molecule has 1 saturated carbocycles. The molecule has 20 heavy (non-hydrogen) atoms. The summed E-state index contributed by atoms with van der Waals surface area (Å²) in [4.78, 5) is 23.1. The maximum absolute atomic E-state index is 11.7. The maximum Gasteiger partial charge on any atom is 0.224 e. The summed E-state index contributed by atoms with van der Waals surface area (Å²) in [6.07, 6.45) is 3.51. The molecule has 1 aliphatic rings. The Balaban J connectivity index is 1.58. The van der Waals surface area contributed by atoms with Crippen LogP contribution in [0.5, 0.6) is 5.75 Å². The molecule has 0 spiro atoms. The van der Waals surface area contributed by atoms with Crippen molar-refractivity contribution in [3.8, 4) is 5.75 Å². The first-order valence-corrected chi connectivity index (χ1v) is 6.97. The van der Waals surface area contributed by atoms with Crippen molar-refractivity contribution in [1.82, 2.24) is 10.6 Å². The Morgan fingerprint density at radius 2 is 2.05 bits per heavy atom. The second kappa shape index (κ2) is 6.93. The molecule has 3 N–H and O–H groups in total. The number of phenols is 1. The van der Waals surface area contributed by atoms with Crippen LogP contribution in [0.25, 0.3) is 0 Å². The smallest absolute Gasteiger partial charge is 0.224 e. The summed E-state index contributed by atoms with van der Waals surface area (Å²) < 4.78 is 0. The number of rotatable bonds is 7.